The van der Waals surface area contributed by atoms with Crippen molar-refractivity contribution in [2.75, 3.05) is 6.61 Å². The Balaban J connectivity index is 2.12. The smallest absolute Gasteiger partial charge is 0.251 e. The van der Waals surface area contributed by atoms with E-state index in [4.69, 9.17) is 16.7 Å². The Labute approximate surface area is 107 Å². The zero-order valence-electron chi connectivity index (χ0n) is 8.46. The van der Waals surface area contributed by atoms with Crippen molar-refractivity contribution in [3.05, 3.63) is 33.3 Å². The van der Waals surface area contributed by atoms with Gasteiger partial charge >= 0.3 is 0 Å². The van der Waals surface area contributed by atoms with Gasteiger partial charge in [-0.3, -0.25) is 4.79 Å². The molecule has 0 heterocycles. The van der Waals surface area contributed by atoms with Crippen molar-refractivity contribution in [3.63, 3.8) is 0 Å². The second-order valence-corrected chi connectivity index (χ2v) is 5.28. The molecule has 0 aromatic heterocycles. The first-order valence-corrected chi connectivity index (χ1v) is 6.12. The van der Waals surface area contributed by atoms with Gasteiger partial charge in [0.25, 0.3) is 5.91 Å². The van der Waals surface area contributed by atoms with E-state index in [9.17, 15) is 4.79 Å². The molecule has 16 heavy (non-hydrogen) atoms. The maximum Gasteiger partial charge on any atom is 0.251 e. The van der Waals surface area contributed by atoms with Gasteiger partial charge in [0, 0.05) is 10.0 Å². The quantitative estimate of drug-likeness (QED) is 0.900. The molecule has 2 rings (SSSR count). The molecule has 1 aromatic carbocycles. The number of aliphatic hydroxyl groups excluding tert-OH is 1. The zero-order chi connectivity index (χ0) is 11.8. The lowest BCUT2D eigenvalue weighted by atomic mass is 10.2. The highest BCUT2D eigenvalue weighted by Crippen LogP contribution is 2.35. The SMILES string of the molecule is O=C(NC1(CO)CC1)c1ccc(Br)c(Cl)c1. The van der Waals surface area contributed by atoms with Gasteiger partial charge in [0.1, 0.15) is 0 Å². The van der Waals surface area contributed by atoms with Crippen LogP contribution in [0.25, 0.3) is 0 Å². The van der Waals surface area contributed by atoms with Crippen molar-refractivity contribution in [2.45, 2.75) is 18.4 Å². The van der Waals surface area contributed by atoms with Crippen molar-refractivity contribution in [1.29, 1.82) is 0 Å². The Kier molecular flexibility index (Phi) is 3.24. The third kappa shape index (κ3) is 2.39. The van der Waals surface area contributed by atoms with E-state index in [1.165, 1.54) is 0 Å². The minimum absolute atomic E-state index is 0.0109. The van der Waals surface area contributed by atoms with Gasteiger partial charge in [-0.05, 0) is 47.0 Å². The molecule has 1 aromatic rings. The first kappa shape index (κ1) is 11.9. The zero-order valence-corrected chi connectivity index (χ0v) is 10.8. The van der Waals surface area contributed by atoms with E-state index in [0.717, 1.165) is 17.3 Å². The van der Waals surface area contributed by atoms with Crippen LogP contribution in [-0.4, -0.2) is 23.2 Å². The first-order valence-electron chi connectivity index (χ1n) is 4.95. The van der Waals surface area contributed by atoms with Crippen molar-refractivity contribution < 1.29 is 9.90 Å². The highest BCUT2D eigenvalue weighted by atomic mass is 79.9. The summed E-state index contributed by atoms with van der Waals surface area (Å²) in [5, 5.41) is 12.4. The molecule has 0 radical (unpaired) electrons. The lowest BCUT2D eigenvalue weighted by Gasteiger charge is -2.14. The van der Waals surface area contributed by atoms with E-state index in [1.807, 2.05) is 0 Å². The molecular formula is C11H11BrClNO2. The summed E-state index contributed by atoms with van der Waals surface area (Å²) >= 11 is 9.16. The summed E-state index contributed by atoms with van der Waals surface area (Å²) in [5.41, 5.74) is 0.115. The van der Waals surface area contributed by atoms with E-state index >= 15 is 0 Å². The monoisotopic (exact) mass is 303 g/mol. The number of nitrogens with one attached hydrogen (secondary N) is 1. The van der Waals surface area contributed by atoms with E-state index < -0.39 is 5.54 Å². The number of hydrogen-bond donors (Lipinski definition) is 2. The van der Waals surface area contributed by atoms with Crippen LogP contribution in [0.5, 0.6) is 0 Å². The van der Waals surface area contributed by atoms with E-state index in [-0.39, 0.29) is 12.5 Å². The molecule has 5 heteroatoms. The molecule has 0 unspecified atom stereocenters. The molecule has 1 fully saturated rings. The summed E-state index contributed by atoms with van der Waals surface area (Å²) in [6.07, 6.45) is 1.67. The van der Waals surface area contributed by atoms with Crippen LogP contribution in [0.4, 0.5) is 0 Å². The van der Waals surface area contributed by atoms with Crippen molar-refractivity contribution in [2.24, 2.45) is 0 Å². The second kappa shape index (κ2) is 4.35. The maximum absolute atomic E-state index is 11.8. The van der Waals surface area contributed by atoms with Crippen LogP contribution in [0.1, 0.15) is 23.2 Å². The van der Waals surface area contributed by atoms with Crippen LogP contribution in [0.2, 0.25) is 5.02 Å². The number of benzene rings is 1. The average Bonchev–Trinajstić information content (AvgIpc) is 3.02. The summed E-state index contributed by atoms with van der Waals surface area (Å²) in [6, 6.07) is 5.03. The van der Waals surface area contributed by atoms with Crippen molar-refractivity contribution >= 4 is 33.4 Å². The lowest BCUT2D eigenvalue weighted by Crippen LogP contribution is -2.39. The van der Waals surface area contributed by atoms with E-state index in [2.05, 4.69) is 21.2 Å². The van der Waals surface area contributed by atoms with Gasteiger partial charge in [0.15, 0.2) is 0 Å². The summed E-state index contributed by atoms with van der Waals surface area (Å²) in [4.78, 5) is 11.8. The standard InChI is InChI=1S/C11H11BrClNO2/c12-8-2-1-7(5-9(8)13)10(16)14-11(6-15)3-4-11/h1-2,5,15H,3-4,6H2,(H,14,16). The number of carbonyl (C=O) groups excluding carboxylic acids is 1. The number of amides is 1. The highest BCUT2D eigenvalue weighted by molar-refractivity contribution is 9.10. The third-order valence-corrected chi connectivity index (χ3v) is 3.95. The fourth-order valence-electron chi connectivity index (χ4n) is 1.42. The Hall–Kier alpha value is -0.580. The van der Waals surface area contributed by atoms with Crippen LogP contribution in [-0.2, 0) is 0 Å². The number of halogens is 2. The van der Waals surface area contributed by atoms with Gasteiger partial charge in [-0.1, -0.05) is 11.6 Å². The van der Waals surface area contributed by atoms with Crippen LogP contribution in [0.15, 0.2) is 22.7 Å². The molecule has 86 valence electrons. The number of aliphatic hydroxyl groups is 1. The molecule has 0 atom stereocenters. The van der Waals surface area contributed by atoms with Gasteiger partial charge in [0.2, 0.25) is 0 Å². The molecule has 0 bridgehead atoms. The Bertz CT molecular complexity index is 432. The fourth-order valence-corrected chi connectivity index (χ4v) is 1.85. The minimum Gasteiger partial charge on any atom is -0.394 e. The maximum atomic E-state index is 11.8. The Morgan fingerprint density at radius 3 is 2.75 bits per heavy atom. The summed E-state index contributed by atoms with van der Waals surface area (Å²) in [5.74, 6) is -0.194. The predicted molar refractivity (Wildman–Crippen MR) is 65.7 cm³/mol. The third-order valence-electron chi connectivity index (χ3n) is 2.72. The van der Waals surface area contributed by atoms with Gasteiger partial charge in [-0.25, -0.2) is 0 Å². The molecule has 1 amide bonds. The highest BCUT2D eigenvalue weighted by Gasteiger charge is 2.43. The molecule has 1 aliphatic rings. The Morgan fingerprint density at radius 1 is 1.56 bits per heavy atom. The second-order valence-electron chi connectivity index (χ2n) is 4.02. The largest absolute Gasteiger partial charge is 0.394 e. The molecule has 0 saturated heterocycles. The van der Waals surface area contributed by atoms with Gasteiger partial charge in [0.05, 0.1) is 17.2 Å². The molecule has 1 aliphatic carbocycles. The molecule has 3 nitrogen and oxygen atoms in total. The van der Waals surface area contributed by atoms with Crippen LogP contribution < -0.4 is 5.32 Å². The number of carbonyl (C=O) groups is 1. The van der Waals surface area contributed by atoms with Crippen molar-refractivity contribution in [1.82, 2.24) is 5.32 Å². The minimum atomic E-state index is -0.392. The summed E-state index contributed by atoms with van der Waals surface area (Å²) in [7, 11) is 0. The van der Waals surface area contributed by atoms with Gasteiger partial charge in [-0.15, -0.1) is 0 Å². The lowest BCUT2D eigenvalue weighted by molar-refractivity contribution is 0.0907. The number of hydrogen-bond acceptors (Lipinski definition) is 2. The van der Waals surface area contributed by atoms with Gasteiger partial charge in [-0.2, -0.15) is 0 Å². The van der Waals surface area contributed by atoms with E-state index in [1.54, 1.807) is 18.2 Å². The molecule has 2 N–H and O–H groups in total. The van der Waals surface area contributed by atoms with E-state index in [0.29, 0.717) is 10.6 Å². The molecule has 0 spiro atoms. The normalized spacial score (nSPS) is 16.9. The summed E-state index contributed by atoms with van der Waals surface area (Å²) in [6.45, 7) is -0.0109. The van der Waals surface area contributed by atoms with Crippen LogP contribution >= 0.6 is 27.5 Å². The van der Waals surface area contributed by atoms with Gasteiger partial charge < -0.3 is 10.4 Å². The average molecular weight is 305 g/mol. The first-order chi connectivity index (χ1) is 7.56. The molecule has 1 saturated carbocycles. The van der Waals surface area contributed by atoms with Crippen LogP contribution in [0.3, 0.4) is 0 Å². The number of rotatable bonds is 3. The van der Waals surface area contributed by atoms with Crippen LogP contribution in [0, 0.1) is 0 Å². The van der Waals surface area contributed by atoms with Crippen molar-refractivity contribution in [3.8, 4) is 0 Å². The summed E-state index contributed by atoms with van der Waals surface area (Å²) < 4.78 is 0.758. The molecule has 0 aliphatic heterocycles. The molecular weight excluding hydrogens is 293 g/mol. The predicted octanol–water partition coefficient (Wildman–Crippen LogP) is 2.36. The topological polar surface area (TPSA) is 49.3 Å². The fraction of sp³-hybridized carbons (Fsp3) is 0.364. The Morgan fingerprint density at radius 2 is 2.25 bits per heavy atom.